The van der Waals surface area contributed by atoms with Crippen molar-refractivity contribution in [2.45, 2.75) is 25.5 Å². The molecule has 1 unspecified atom stereocenters. The highest BCUT2D eigenvalue weighted by Gasteiger charge is 2.29. The lowest BCUT2D eigenvalue weighted by atomic mass is 10.5. The van der Waals surface area contributed by atoms with E-state index >= 15 is 0 Å². The highest BCUT2D eigenvalue weighted by molar-refractivity contribution is 7.90. The van der Waals surface area contributed by atoms with Crippen molar-refractivity contribution in [2.24, 2.45) is 0 Å². The highest BCUT2D eigenvalue weighted by Crippen LogP contribution is 2.09. The van der Waals surface area contributed by atoms with Gasteiger partial charge in [0.1, 0.15) is 6.54 Å². The topological polar surface area (TPSA) is 87.5 Å². The van der Waals surface area contributed by atoms with Crippen molar-refractivity contribution in [1.82, 2.24) is 4.31 Å². The van der Waals surface area contributed by atoms with Crippen molar-refractivity contribution >= 4 is 16.0 Å². The van der Waals surface area contributed by atoms with E-state index < -0.39 is 21.2 Å². The normalized spacial score (nSPS) is 13.2. The lowest BCUT2D eigenvalue weighted by Crippen LogP contribution is -2.41. The molecule has 0 saturated carbocycles. The lowest BCUT2D eigenvalue weighted by molar-refractivity contribution is -0.140. The Labute approximate surface area is 95.8 Å². The zero-order chi connectivity index (χ0) is 12.8. The van der Waals surface area contributed by atoms with Crippen LogP contribution in [0.3, 0.4) is 0 Å². The van der Waals surface area contributed by atoms with Gasteiger partial charge in [0.25, 0.3) is 0 Å². The molecule has 7 heteroatoms. The fourth-order valence-electron chi connectivity index (χ4n) is 1.04. The van der Waals surface area contributed by atoms with E-state index in [0.29, 0.717) is 6.42 Å². The molecule has 0 aliphatic rings. The third-order valence-electron chi connectivity index (χ3n) is 1.99. The molecule has 0 N–H and O–H groups in total. The van der Waals surface area contributed by atoms with E-state index in [-0.39, 0.29) is 13.1 Å². The maximum atomic E-state index is 11.8. The monoisotopic (exact) mass is 248 g/mol. The lowest BCUT2D eigenvalue weighted by Gasteiger charge is -2.21. The highest BCUT2D eigenvalue weighted by atomic mass is 32.2. The molecular weight excluding hydrogens is 232 g/mol. The molecule has 0 fully saturated rings. The summed E-state index contributed by atoms with van der Waals surface area (Å²) in [5, 5.41) is 7.44. The van der Waals surface area contributed by atoms with Crippen molar-refractivity contribution in [1.29, 1.82) is 5.26 Å². The summed E-state index contributed by atoms with van der Waals surface area (Å²) in [7, 11) is -2.56. The molecule has 0 aromatic heterocycles. The second-order valence-corrected chi connectivity index (χ2v) is 5.48. The zero-order valence-electron chi connectivity index (χ0n) is 9.63. The van der Waals surface area contributed by atoms with Crippen LogP contribution < -0.4 is 0 Å². The van der Waals surface area contributed by atoms with Crippen LogP contribution in [0.25, 0.3) is 0 Å². The van der Waals surface area contributed by atoms with Gasteiger partial charge in [-0.05, 0) is 13.3 Å². The Morgan fingerprint density at radius 2 is 2.12 bits per heavy atom. The van der Waals surface area contributed by atoms with E-state index in [4.69, 9.17) is 5.26 Å². The predicted molar refractivity (Wildman–Crippen MR) is 57.9 cm³/mol. The van der Waals surface area contributed by atoms with E-state index in [2.05, 4.69) is 4.74 Å². The molecule has 0 aromatic rings. The van der Waals surface area contributed by atoms with Gasteiger partial charge >= 0.3 is 5.97 Å². The summed E-state index contributed by atoms with van der Waals surface area (Å²) in [5.74, 6) is -0.637. The Morgan fingerprint density at radius 3 is 2.50 bits per heavy atom. The van der Waals surface area contributed by atoms with E-state index in [9.17, 15) is 13.2 Å². The van der Waals surface area contributed by atoms with Gasteiger partial charge in [-0.1, -0.05) is 6.92 Å². The molecule has 1 atom stereocenters. The first-order valence-electron chi connectivity index (χ1n) is 4.85. The minimum atomic E-state index is -3.75. The molecule has 0 saturated heterocycles. The van der Waals surface area contributed by atoms with E-state index in [1.54, 1.807) is 13.0 Å². The third-order valence-corrected chi connectivity index (χ3v) is 4.03. The van der Waals surface area contributed by atoms with Gasteiger partial charge in [0, 0.05) is 6.54 Å². The van der Waals surface area contributed by atoms with Crippen molar-refractivity contribution in [3.63, 3.8) is 0 Å². The second kappa shape index (κ2) is 6.45. The molecule has 0 aromatic carbocycles. The Kier molecular flexibility index (Phi) is 6.00. The van der Waals surface area contributed by atoms with Gasteiger partial charge in [0.05, 0.1) is 13.2 Å². The molecule has 0 amide bonds. The second-order valence-electron chi connectivity index (χ2n) is 3.23. The van der Waals surface area contributed by atoms with Crippen LogP contribution in [0, 0.1) is 11.3 Å². The van der Waals surface area contributed by atoms with Gasteiger partial charge < -0.3 is 4.74 Å². The molecule has 16 heavy (non-hydrogen) atoms. The average molecular weight is 248 g/mol. The van der Waals surface area contributed by atoms with Crippen LogP contribution in [0.5, 0.6) is 0 Å². The smallest absolute Gasteiger partial charge is 0.321 e. The maximum Gasteiger partial charge on any atom is 0.321 e. The Hall–Kier alpha value is -1.13. The summed E-state index contributed by atoms with van der Waals surface area (Å²) < 4.78 is 29.0. The fraction of sp³-hybridized carbons (Fsp3) is 0.778. The van der Waals surface area contributed by atoms with Crippen LogP contribution >= 0.6 is 0 Å². The van der Waals surface area contributed by atoms with Crippen molar-refractivity contribution in [2.75, 3.05) is 20.2 Å². The van der Waals surface area contributed by atoms with Gasteiger partial charge in [-0.3, -0.25) is 4.79 Å². The average Bonchev–Trinajstić information content (AvgIpc) is 2.26. The number of methoxy groups -OCH3 is 1. The first-order chi connectivity index (χ1) is 7.39. The number of carbonyl (C=O) groups excluding carboxylic acids is 1. The molecule has 0 radical (unpaired) electrons. The molecule has 0 heterocycles. The Morgan fingerprint density at radius 1 is 1.56 bits per heavy atom. The van der Waals surface area contributed by atoms with E-state index in [0.717, 1.165) is 4.31 Å². The summed E-state index contributed by atoms with van der Waals surface area (Å²) in [5.41, 5.74) is 0. The SMILES string of the molecule is CCCN(CC(=O)OC)S(=O)(=O)C(C)C#N. The maximum absolute atomic E-state index is 11.8. The number of hydrogen-bond donors (Lipinski definition) is 0. The first-order valence-corrected chi connectivity index (χ1v) is 6.35. The molecular formula is C9H16N2O4S. The van der Waals surface area contributed by atoms with Gasteiger partial charge in [0.15, 0.2) is 5.25 Å². The van der Waals surface area contributed by atoms with Crippen LogP contribution in [0.4, 0.5) is 0 Å². The fourth-order valence-corrected chi connectivity index (χ4v) is 2.35. The Bertz CT molecular complexity index is 371. The van der Waals surface area contributed by atoms with E-state index in [1.165, 1.54) is 14.0 Å². The molecule has 92 valence electrons. The summed E-state index contributed by atoms with van der Waals surface area (Å²) in [6, 6.07) is 1.65. The standard InChI is InChI=1S/C9H16N2O4S/c1-4-5-11(7-9(12)15-3)16(13,14)8(2)6-10/h8H,4-5,7H2,1-3H3. The minimum absolute atomic E-state index is 0.198. The van der Waals surface area contributed by atoms with Crippen LogP contribution in [0.15, 0.2) is 0 Å². The molecule has 0 rings (SSSR count). The molecule has 0 bridgehead atoms. The summed E-state index contributed by atoms with van der Waals surface area (Å²) >= 11 is 0. The summed E-state index contributed by atoms with van der Waals surface area (Å²) in [6.07, 6.45) is 0.564. The summed E-state index contributed by atoms with van der Waals surface area (Å²) in [6.45, 7) is 2.92. The van der Waals surface area contributed by atoms with Gasteiger partial charge in [-0.2, -0.15) is 9.57 Å². The van der Waals surface area contributed by atoms with Crippen molar-refractivity contribution < 1.29 is 17.9 Å². The third kappa shape index (κ3) is 3.79. The molecule has 0 spiro atoms. The zero-order valence-corrected chi connectivity index (χ0v) is 10.5. The number of ether oxygens (including phenoxy) is 1. The first kappa shape index (κ1) is 14.9. The number of rotatable bonds is 6. The number of nitriles is 1. The number of sulfonamides is 1. The van der Waals surface area contributed by atoms with Crippen LogP contribution in [-0.2, 0) is 19.6 Å². The largest absolute Gasteiger partial charge is 0.468 e. The molecule has 6 nitrogen and oxygen atoms in total. The number of nitrogens with zero attached hydrogens (tertiary/aromatic N) is 2. The number of esters is 1. The Balaban J connectivity index is 4.92. The van der Waals surface area contributed by atoms with Gasteiger partial charge in [0.2, 0.25) is 10.0 Å². The summed E-state index contributed by atoms with van der Waals surface area (Å²) in [4.78, 5) is 11.0. The molecule has 0 aliphatic heterocycles. The minimum Gasteiger partial charge on any atom is -0.468 e. The van der Waals surface area contributed by atoms with Crippen LogP contribution in [0.2, 0.25) is 0 Å². The predicted octanol–water partition coefficient (Wildman–Crippen LogP) is 0.113. The number of hydrogen-bond acceptors (Lipinski definition) is 5. The van der Waals surface area contributed by atoms with Gasteiger partial charge in [-0.25, -0.2) is 8.42 Å². The number of carbonyl (C=O) groups is 1. The van der Waals surface area contributed by atoms with E-state index in [1.807, 2.05) is 0 Å². The quantitative estimate of drug-likeness (QED) is 0.623. The van der Waals surface area contributed by atoms with Crippen LogP contribution in [0.1, 0.15) is 20.3 Å². The van der Waals surface area contributed by atoms with Crippen molar-refractivity contribution in [3.05, 3.63) is 0 Å². The van der Waals surface area contributed by atoms with Gasteiger partial charge in [-0.15, -0.1) is 0 Å². The molecule has 0 aliphatic carbocycles. The van der Waals surface area contributed by atoms with Crippen molar-refractivity contribution in [3.8, 4) is 6.07 Å². The van der Waals surface area contributed by atoms with Crippen LogP contribution in [-0.4, -0.2) is 44.1 Å².